The lowest BCUT2D eigenvalue weighted by Gasteiger charge is -2.32. The number of unbranched alkanes of at least 4 members (excludes halogenated alkanes) is 2. The highest BCUT2D eigenvalue weighted by atomic mass is 16.6. The van der Waals surface area contributed by atoms with Crippen molar-refractivity contribution in [3.8, 4) is 5.75 Å². The van der Waals surface area contributed by atoms with Gasteiger partial charge < -0.3 is 25.4 Å². The Labute approximate surface area is 198 Å². The van der Waals surface area contributed by atoms with Crippen molar-refractivity contribution in [1.29, 1.82) is 0 Å². The number of phenols is 1. The third-order valence-electron chi connectivity index (χ3n) is 4.97. The first-order valence-electron chi connectivity index (χ1n) is 11.7. The number of likely N-dealkylation sites (N-methyl/N-ethyl adjacent to an activating group) is 1. The molecule has 1 aromatic carbocycles. The number of benzene rings is 1. The lowest BCUT2D eigenvalue weighted by molar-refractivity contribution is -0.141. The molecule has 0 aliphatic carbocycles. The van der Waals surface area contributed by atoms with Crippen molar-refractivity contribution in [2.75, 3.05) is 13.6 Å². The summed E-state index contributed by atoms with van der Waals surface area (Å²) in [5, 5.41) is 15.2. The van der Waals surface area contributed by atoms with Crippen molar-refractivity contribution < 1.29 is 24.2 Å². The number of rotatable bonds is 11. The van der Waals surface area contributed by atoms with Gasteiger partial charge in [0.25, 0.3) is 0 Å². The molecule has 33 heavy (non-hydrogen) atoms. The second-order valence-corrected chi connectivity index (χ2v) is 9.77. The molecule has 0 bridgehead atoms. The van der Waals surface area contributed by atoms with E-state index < -0.39 is 29.7 Å². The number of phenolic OH excluding ortho intramolecular Hbond substituents is 1. The molecule has 3 N–H and O–H groups in total. The van der Waals surface area contributed by atoms with E-state index in [-0.39, 0.29) is 17.6 Å². The number of amides is 3. The first kappa shape index (κ1) is 28.3. The summed E-state index contributed by atoms with van der Waals surface area (Å²) in [7, 11) is 1.55. The minimum absolute atomic E-state index is 0.0686. The molecule has 0 saturated heterocycles. The molecule has 1 aromatic rings. The van der Waals surface area contributed by atoms with E-state index in [1.165, 1.54) is 17.0 Å². The molecule has 0 aliphatic heterocycles. The highest BCUT2D eigenvalue weighted by Crippen LogP contribution is 2.24. The van der Waals surface area contributed by atoms with Gasteiger partial charge >= 0.3 is 6.09 Å². The Bertz CT molecular complexity index is 771. The van der Waals surface area contributed by atoms with Crippen LogP contribution in [0.5, 0.6) is 5.75 Å². The molecule has 8 heteroatoms. The number of carbonyl (C=O) groups is 3. The van der Waals surface area contributed by atoms with Crippen LogP contribution in [0, 0.1) is 5.92 Å². The fourth-order valence-corrected chi connectivity index (χ4v) is 3.41. The normalized spacial score (nSPS) is 13.2. The summed E-state index contributed by atoms with van der Waals surface area (Å²) in [6, 6.07) is 4.44. The van der Waals surface area contributed by atoms with Gasteiger partial charge in [-0.3, -0.25) is 9.59 Å². The van der Waals surface area contributed by atoms with Gasteiger partial charge in [-0.2, -0.15) is 0 Å². The van der Waals surface area contributed by atoms with Crippen molar-refractivity contribution in [1.82, 2.24) is 15.5 Å². The number of nitrogens with zero attached hydrogens (tertiary/aromatic N) is 1. The number of alkyl carbamates (subject to hydrolysis) is 1. The Hall–Kier alpha value is -2.77. The van der Waals surface area contributed by atoms with Crippen molar-refractivity contribution in [2.45, 2.75) is 84.9 Å². The molecule has 2 unspecified atom stereocenters. The van der Waals surface area contributed by atoms with Gasteiger partial charge in [0.2, 0.25) is 11.8 Å². The molecule has 1 rings (SSSR count). The van der Waals surface area contributed by atoms with Crippen LogP contribution in [-0.2, 0) is 14.3 Å². The zero-order valence-electron chi connectivity index (χ0n) is 21.1. The standard InChI is InChI=1S/C25H41N3O5/c1-8-9-10-15-26-22(30)21(18-11-13-19(29)14-12-18)28(7)23(31)20(16-17(2)3)27-24(32)33-25(4,5)6/h11-14,17,20-21,29H,8-10,15-16H2,1-7H3,(H,26,30)(H,27,32). The van der Waals surface area contributed by atoms with Gasteiger partial charge in [0.1, 0.15) is 23.4 Å². The van der Waals surface area contributed by atoms with Crippen LogP contribution < -0.4 is 10.6 Å². The maximum atomic E-state index is 13.5. The van der Waals surface area contributed by atoms with Gasteiger partial charge in [-0.05, 0) is 57.2 Å². The van der Waals surface area contributed by atoms with Crippen LogP contribution >= 0.6 is 0 Å². The second-order valence-electron chi connectivity index (χ2n) is 9.77. The molecule has 0 saturated carbocycles. The van der Waals surface area contributed by atoms with Crippen LogP contribution in [0.4, 0.5) is 4.79 Å². The Morgan fingerprint density at radius 3 is 2.21 bits per heavy atom. The minimum atomic E-state index is -0.908. The van der Waals surface area contributed by atoms with Crippen LogP contribution in [0.15, 0.2) is 24.3 Å². The molecule has 0 spiro atoms. The van der Waals surface area contributed by atoms with Gasteiger partial charge in [-0.25, -0.2) is 4.79 Å². The summed E-state index contributed by atoms with van der Waals surface area (Å²) in [6.07, 6.45) is 2.58. The summed E-state index contributed by atoms with van der Waals surface area (Å²) >= 11 is 0. The maximum Gasteiger partial charge on any atom is 0.408 e. The van der Waals surface area contributed by atoms with E-state index in [1.54, 1.807) is 40.0 Å². The third kappa shape index (κ3) is 10.1. The molecule has 8 nitrogen and oxygen atoms in total. The van der Waals surface area contributed by atoms with E-state index in [0.29, 0.717) is 18.5 Å². The molecule has 0 heterocycles. The molecular weight excluding hydrogens is 422 g/mol. The van der Waals surface area contributed by atoms with Gasteiger partial charge in [-0.15, -0.1) is 0 Å². The van der Waals surface area contributed by atoms with E-state index in [1.807, 2.05) is 13.8 Å². The average molecular weight is 464 g/mol. The lowest BCUT2D eigenvalue weighted by atomic mass is 9.99. The lowest BCUT2D eigenvalue weighted by Crippen LogP contribution is -2.52. The number of hydrogen-bond acceptors (Lipinski definition) is 5. The van der Waals surface area contributed by atoms with Crippen LogP contribution in [0.2, 0.25) is 0 Å². The average Bonchev–Trinajstić information content (AvgIpc) is 2.70. The van der Waals surface area contributed by atoms with Gasteiger partial charge in [-0.1, -0.05) is 45.7 Å². The van der Waals surface area contributed by atoms with Gasteiger partial charge in [0.05, 0.1) is 0 Å². The van der Waals surface area contributed by atoms with E-state index in [0.717, 1.165) is 19.3 Å². The number of ether oxygens (including phenoxy) is 1. The molecule has 0 fully saturated rings. The highest BCUT2D eigenvalue weighted by molar-refractivity contribution is 5.92. The minimum Gasteiger partial charge on any atom is -0.508 e. The Morgan fingerprint density at radius 2 is 1.70 bits per heavy atom. The first-order chi connectivity index (χ1) is 15.4. The van der Waals surface area contributed by atoms with E-state index >= 15 is 0 Å². The zero-order valence-corrected chi connectivity index (χ0v) is 21.1. The summed E-state index contributed by atoms with van der Waals surface area (Å²) < 4.78 is 5.33. The third-order valence-corrected chi connectivity index (χ3v) is 4.97. The van der Waals surface area contributed by atoms with Crippen LogP contribution in [0.1, 0.15) is 78.8 Å². The predicted octanol–water partition coefficient (Wildman–Crippen LogP) is 4.14. The summed E-state index contributed by atoms with van der Waals surface area (Å²) in [6.45, 7) is 11.8. The fourth-order valence-electron chi connectivity index (χ4n) is 3.41. The Kier molecular flexibility index (Phi) is 11.2. The summed E-state index contributed by atoms with van der Waals surface area (Å²) in [5.74, 6) is -0.513. The van der Waals surface area contributed by atoms with Crippen molar-refractivity contribution in [2.24, 2.45) is 5.92 Å². The molecule has 0 aromatic heterocycles. The second kappa shape index (κ2) is 13.1. The number of aromatic hydroxyl groups is 1. The van der Waals surface area contributed by atoms with Crippen LogP contribution in [0.25, 0.3) is 0 Å². The molecular formula is C25H41N3O5. The topological polar surface area (TPSA) is 108 Å². The zero-order chi connectivity index (χ0) is 25.2. The first-order valence-corrected chi connectivity index (χ1v) is 11.7. The molecule has 2 atom stereocenters. The van der Waals surface area contributed by atoms with Crippen molar-refractivity contribution in [3.63, 3.8) is 0 Å². The summed E-state index contributed by atoms with van der Waals surface area (Å²) in [5.41, 5.74) is -0.133. The fraction of sp³-hybridized carbons (Fsp3) is 0.640. The maximum absolute atomic E-state index is 13.5. The largest absolute Gasteiger partial charge is 0.508 e. The molecule has 0 radical (unpaired) electrons. The SMILES string of the molecule is CCCCCNC(=O)C(c1ccc(O)cc1)N(C)C(=O)C(CC(C)C)NC(=O)OC(C)(C)C. The van der Waals surface area contributed by atoms with Gasteiger partial charge in [0.15, 0.2) is 0 Å². The van der Waals surface area contributed by atoms with E-state index in [9.17, 15) is 19.5 Å². The summed E-state index contributed by atoms with van der Waals surface area (Å²) in [4.78, 5) is 40.3. The molecule has 3 amide bonds. The monoisotopic (exact) mass is 463 g/mol. The Morgan fingerprint density at radius 1 is 1.09 bits per heavy atom. The van der Waals surface area contributed by atoms with Crippen molar-refractivity contribution >= 4 is 17.9 Å². The van der Waals surface area contributed by atoms with E-state index in [2.05, 4.69) is 17.6 Å². The molecule has 0 aliphatic rings. The molecule has 186 valence electrons. The van der Waals surface area contributed by atoms with Gasteiger partial charge in [0, 0.05) is 13.6 Å². The number of nitrogens with one attached hydrogen (secondary N) is 2. The van der Waals surface area contributed by atoms with Crippen LogP contribution in [-0.4, -0.2) is 53.1 Å². The number of carbonyl (C=O) groups excluding carboxylic acids is 3. The van der Waals surface area contributed by atoms with E-state index in [4.69, 9.17) is 4.74 Å². The van der Waals surface area contributed by atoms with Crippen LogP contribution in [0.3, 0.4) is 0 Å². The van der Waals surface area contributed by atoms with Crippen molar-refractivity contribution in [3.05, 3.63) is 29.8 Å². The predicted molar refractivity (Wildman–Crippen MR) is 129 cm³/mol. The Balaban J connectivity index is 3.14. The number of hydrogen-bond donors (Lipinski definition) is 3. The smallest absolute Gasteiger partial charge is 0.408 e. The quantitative estimate of drug-likeness (QED) is 0.428. The highest BCUT2D eigenvalue weighted by Gasteiger charge is 2.34.